The Bertz CT molecular complexity index is 350. The molecular formula is C9H8BClO3. The molecule has 1 aromatic carbocycles. The first-order chi connectivity index (χ1) is 6.70. The molecule has 14 heavy (non-hydrogen) atoms. The highest BCUT2D eigenvalue weighted by molar-refractivity contribution is 6.46. The van der Waals surface area contributed by atoms with Crippen LogP contribution in [0.15, 0.2) is 12.1 Å². The second kappa shape index (κ2) is 3.81. The summed E-state index contributed by atoms with van der Waals surface area (Å²) in [7, 11) is 5.51. The molecule has 0 aromatic heterocycles. The molecule has 0 amide bonds. The lowest BCUT2D eigenvalue weighted by Gasteiger charge is -2.13. The number of aromatic hydroxyl groups is 1. The summed E-state index contributed by atoms with van der Waals surface area (Å²) in [6, 6.07) is 3.26. The first kappa shape index (κ1) is 9.83. The van der Waals surface area contributed by atoms with E-state index < -0.39 is 6.29 Å². The Morgan fingerprint density at radius 2 is 2.00 bits per heavy atom. The zero-order chi connectivity index (χ0) is 10.1. The number of phenols is 1. The molecule has 72 valence electrons. The van der Waals surface area contributed by atoms with Crippen LogP contribution in [0.2, 0.25) is 5.02 Å². The Morgan fingerprint density at radius 3 is 2.64 bits per heavy atom. The summed E-state index contributed by atoms with van der Waals surface area (Å²) in [5.41, 5.74) is 0.854. The minimum absolute atomic E-state index is 0.0708. The molecule has 2 rings (SSSR count). The van der Waals surface area contributed by atoms with Crippen molar-refractivity contribution in [3.05, 3.63) is 22.7 Å². The average Bonchev–Trinajstić information content (AvgIpc) is 2.67. The van der Waals surface area contributed by atoms with Crippen molar-refractivity contribution in [2.24, 2.45) is 0 Å². The van der Waals surface area contributed by atoms with Crippen LogP contribution in [-0.4, -0.2) is 26.2 Å². The van der Waals surface area contributed by atoms with Gasteiger partial charge in [-0.3, -0.25) is 0 Å². The minimum atomic E-state index is -0.534. The highest BCUT2D eigenvalue weighted by Crippen LogP contribution is 2.34. The first-order valence-corrected chi connectivity index (χ1v) is 4.58. The van der Waals surface area contributed by atoms with Crippen LogP contribution < -0.4 is 5.46 Å². The van der Waals surface area contributed by atoms with Gasteiger partial charge in [0.05, 0.1) is 23.8 Å². The number of benzene rings is 1. The Kier molecular flexibility index (Phi) is 2.68. The monoisotopic (exact) mass is 210 g/mol. The van der Waals surface area contributed by atoms with Crippen LogP contribution in [0.25, 0.3) is 0 Å². The topological polar surface area (TPSA) is 38.7 Å². The zero-order valence-corrected chi connectivity index (χ0v) is 8.12. The van der Waals surface area contributed by atoms with Crippen molar-refractivity contribution >= 4 is 24.9 Å². The van der Waals surface area contributed by atoms with Crippen LogP contribution in [0.1, 0.15) is 11.9 Å². The van der Waals surface area contributed by atoms with E-state index in [9.17, 15) is 5.11 Å². The molecule has 5 heteroatoms. The Morgan fingerprint density at radius 1 is 1.36 bits per heavy atom. The second-order valence-corrected chi connectivity index (χ2v) is 3.36. The van der Waals surface area contributed by atoms with E-state index >= 15 is 0 Å². The van der Waals surface area contributed by atoms with E-state index in [1.165, 1.54) is 0 Å². The third kappa shape index (κ3) is 1.61. The molecule has 2 radical (unpaired) electrons. The lowest BCUT2D eigenvalue weighted by molar-refractivity contribution is -0.0454. The van der Waals surface area contributed by atoms with Crippen LogP contribution in [0.4, 0.5) is 0 Å². The lowest BCUT2D eigenvalue weighted by Crippen LogP contribution is -2.07. The van der Waals surface area contributed by atoms with E-state index in [-0.39, 0.29) is 10.8 Å². The molecule has 1 fully saturated rings. The molecular weight excluding hydrogens is 202 g/mol. The predicted molar refractivity (Wildman–Crippen MR) is 53.1 cm³/mol. The third-order valence-corrected chi connectivity index (χ3v) is 2.45. The molecule has 1 heterocycles. The van der Waals surface area contributed by atoms with Gasteiger partial charge in [0.25, 0.3) is 0 Å². The molecule has 0 aliphatic carbocycles. The molecule has 0 unspecified atom stereocenters. The molecule has 1 aliphatic rings. The Hall–Kier alpha value is -0.705. The summed E-state index contributed by atoms with van der Waals surface area (Å²) in [5.74, 6) is -0.0708. The molecule has 0 bridgehead atoms. The van der Waals surface area contributed by atoms with E-state index in [0.717, 1.165) is 0 Å². The number of hydrogen-bond donors (Lipinski definition) is 1. The van der Waals surface area contributed by atoms with Gasteiger partial charge in [-0.1, -0.05) is 29.2 Å². The fourth-order valence-electron chi connectivity index (χ4n) is 1.32. The number of ether oxygens (including phenoxy) is 2. The first-order valence-electron chi connectivity index (χ1n) is 4.20. The van der Waals surface area contributed by atoms with Crippen LogP contribution in [0.5, 0.6) is 5.75 Å². The maximum atomic E-state index is 9.67. The van der Waals surface area contributed by atoms with E-state index in [1.807, 2.05) is 0 Å². The highest BCUT2D eigenvalue weighted by atomic mass is 35.5. The number of phenolic OH excluding ortho intramolecular Hbond substituents is 1. The van der Waals surface area contributed by atoms with Gasteiger partial charge in [0.2, 0.25) is 0 Å². The summed E-state index contributed by atoms with van der Waals surface area (Å²) in [6.45, 7) is 1.04. The number of rotatable bonds is 1. The summed E-state index contributed by atoms with van der Waals surface area (Å²) in [4.78, 5) is 0. The second-order valence-electron chi connectivity index (χ2n) is 2.98. The molecule has 3 nitrogen and oxygen atoms in total. The predicted octanol–water partition coefficient (Wildman–Crippen LogP) is 0.885. The smallest absolute Gasteiger partial charge is 0.187 e. The summed E-state index contributed by atoms with van der Waals surface area (Å²) < 4.78 is 10.5. The third-order valence-electron chi connectivity index (χ3n) is 2.05. The lowest BCUT2D eigenvalue weighted by atomic mass is 9.94. The summed E-state index contributed by atoms with van der Waals surface area (Å²) in [6.07, 6.45) is -0.534. The van der Waals surface area contributed by atoms with Gasteiger partial charge in [-0.25, -0.2) is 0 Å². The quantitative estimate of drug-likeness (QED) is 0.700. The summed E-state index contributed by atoms with van der Waals surface area (Å²) >= 11 is 5.78. The van der Waals surface area contributed by atoms with Crippen molar-refractivity contribution in [1.82, 2.24) is 0 Å². The van der Waals surface area contributed by atoms with Crippen molar-refractivity contribution in [1.29, 1.82) is 0 Å². The van der Waals surface area contributed by atoms with Gasteiger partial charge in [-0.15, -0.1) is 0 Å². The van der Waals surface area contributed by atoms with Crippen molar-refractivity contribution in [3.63, 3.8) is 0 Å². The van der Waals surface area contributed by atoms with Crippen molar-refractivity contribution in [3.8, 4) is 5.75 Å². The van der Waals surface area contributed by atoms with E-state index in [2.05, 4.69) is 0 Å². The Balaban J connectivity index is 2.38. The summed E-state index contributed by atoms with van der Waals surface area (Å²) in [5, 5.41) is 9.81. The molecule has 0 saturated carbocycles. The molecule has 1 N–H and O–H groups in total. The number of halogens is 1. The van der Waals surface area contributed by atoms with Crippen LogP contribution in [0.3, 0.4) is 0 Å². The van der Waals surface area contributed by atoms with E-state index in [4.69, 9.17) is 28.9 Å². The van der Waals surface area contributed by atoms with Gasteiger partial charge >= 0.3 is 0 Å². The van der Waals surface area contributed by atoms with Crippen molar-refractivity contribution < 1.29 is 14.6 Å². The van der Waals surface area contributed by atoms with Gasteiger partial charge in [-0.2, -0.15) is 0 Å². The van der Waals surface area contributed by atoms with Gasteiger partial charge in [-0.05, 0) is 0 Å². The van der Waals surface area contributed by atoms with Crippen molar-refractivity contribution in [2.75, 3.05) is 13.2 Å². The molecule has 0 spiro atoms. The average molecular weight is 210 g/mol. The van der Waals surface area contributed by atoms with E-state index in [0.29, 0.717) is 24.2 Å². The molecule has 1 saturated heterocycles. The maximum Gasteiger partial charge on any atom is 0.187 e. The van der Waals surface area contributed by atoms with Gasteiger partial charge in [0, 0.05) is 0 Å². The highest BCUT2D eigenvalue weighted by Gasteiger charge is 2.22. The van der Waals surface area contributed by atoms with Gasteiger partial charge in [0.1, 0.15) is 13.6 Å². The normalized spacial score (nSPS) is 17.5. The SMILES string of the molecule is [B]c1ccc(C2OCCO2)c(O)c1Cl. The van der Waals surface area contributed by atoms with Crippen molar-refractivity contribution in [2.45, 2.75) is 6.29 Å². The molecule has 1 aromatic rings. The van der Waals surface area contributed by atoms with Gasteiger partial charge < -0.3 is 14.6 Å². The van der Waals surface area contributed by atoms with Crippen LogP contribution in [-0.2, 0) is 9.47 Å². The van der Waals surface area contributed by atoms with Gasteiger partial charge in [0.15, 0.2) is 6.29 Å². The standard InChI is InChI=1S/C9H8BClO3/c10-6-2-1-5(8(12)7(6)11)9-13-3-4-14-9/h1-2,9,12H,3-4H2. The molecule has 0 atom stereocenters. The molecule has 1 aliphatic heterocycles. The fraction of sp³-hybridized carbons (Fsp3) is 0.333. The Labute approximate surface area is 88.0 Å². The van der Waals surface area contributed by atoms with Crippen LogP contribution >= 0.6 is 11.6 Å². The largest absolute Gasteiger partial charge is 0.506 e. The van der Waals surface area contributed by atoms with E-state index in [1.54, 1.807) is 12.1 Å². The fourth-order valence-corrected chi connectivity index (χ4v) is 1.50. The number of hydrogen-bond acceptors (Lipinski definition) is 3. The van der Waals surface area contributed by atoms with Crippen LogP contribution in [0, 0.1) is 0 Å². The zero-order valence-electron chi connectivity index (χ0n) is 7.37. The minimum Gasteiger partial charge on any atom is -0.506 e. The maximum absolute atomic E-state index is 9.67.